The van der Waals surface area contributed by atoms with Crippen LogP contribution in [0.15, 0.2) is 30.6 Å². The summed E-state index contributed by atoms with van der Waals surface area (Å²) in [5, 5.41) is 2.35. The number of pyridine rings is 1. The number of carbonyl (C=O) groups is 3. The van der Waals surface area contributed by atoms with Crippen LogP contribution in [0, 0.1) is 6.92 Å². The average Bonchev–Trinajstić information content (AvgIpc) is 3.52. The van der Waals surface area contributed by atoms with Crippen molar-refractivity contribution < 1.29 is 19.1 Å². The molecule has 3 atom stereocenters. The van der Waals surface area contributed by atoms with E-state index in [2.05, 4.69) is 22.1 Å². The Morgan fingerprint density at radius 1 is 1.03 bits per heavy atom. The van der Waals surface area contributed by atoms with E-state index in [9.17, 15) is 14.4 Å². The zero-order chi connectivity index (χ0) is 23.4. The van der Waals surface area contributed by atoms with Gasteiger partial charge in [-0.05, 0) is 73.1 Å². The minimum absolute atomic E-state index is 0.101. The highest BCUT2D eigenvalue weighted by molar-refractivity contribution is 6.05. The Morgan fingerprint density at radius 3 is 2.74 bits per heavy atom. The molecule has 2 aromatic rings. The van der Waals surface area contributed by atoms with Crippen molar-refractivity contribution in [3.8, 4) is 5.75 Å². The quantitative estimate of drug-likeness (QED) is 0.705. The van der Waals surface area contributed by atoms with Gasteiger partial charge in [0, 0.05) is 50.1 Å². The van der Waals surface area contributed by atoms with Crippen molar-refractivity contribution in [3.05, 3.63) is 58.4 Å². The van der Waals surface area contributed by atoms with Crippen LogP contribution in [-0.4, -0.2) is 50.7 Å². The first kappa shape index (κ1) is 21.3. The van der Waals surface area contributed by atoms with E-state index in [1.165, 1.54) is 16.7 Å². The Kier molecular flexibility index (Phi) is 5.13. The first-order chi connectivity index (χ1) is 16.5. The summed E-state index contributed by atoms with van der Waals surface area (Å²) in [6, 6.07) is 5.37. The van der Waals surface area contributed by atoms with Crippen molar-refractivity contribution in [2.75, 3.05) is 0 Å². The molecule has 3 amide bonds. The Bertz CT molecular complexity index is 1200. The van der Waals surface area contributed by atoms with E-state index in [4.69, 9.17) is 4.74 Å². The lowest BCUT2D eigenvalue weighted by Gasteiger charge is -2.29. The number of hydrogen-bond acceptors (Lipinski definition) is 6. The zero-order valence-electron chi connectivity index (χ0n) is 19.3. The maximum Gasteiger partial charge on any atom is 0.255 e. The SMILES string of the molecule is Cc1cncc2c1CN([C@H]1CCC[C@H]1Oc1ccc3c(c1)CN(C1CCC(=O)NC1=O)C3=O)C2. The van der Waals surface area contributed by atoms with Crippen LogP contribution in [0.5, 0.6) is 5.75 Å². The van der Waals surface area contributed by atoms with Crippen molar-refractivity contribution in [3.63, 3.8) is 0 Å². The monoisotopic (exact) mass is 460 g/mol. The molecule has 4 aliphatic rings. The van der Waals surface area contributed by atoms with Crippen LogP contribution < -0.4 is 10.1 Å². The fourth-order valence-electron chi connectivity index (χ4n) is 5.98. The minimum atomic E-state index is -0.601. The highest BCUT2D eigenvalue weighted by atomic mass is 16.5. The Labute approximate surface area is 198 Å². The van der Waals surface area contributed by atoms with Crippen molar-refractivity contribution in [1.82, 2.24) is 20.1 Å². The number of hydrogen-bond donors (Lipinski definition) is 1. The molecule has 1 aromatic carbocycles. The summed E-state index contributed by atoms with van der Waals surface area (Å²) in [6.45, 7) is 4.34. The van der Waals surface area contributed by atoms with Crippen molar-refractivity contribution in [1.29, 1.82) is 0 Å². The topological polar surface area (TPSA) is 91.8 Å². The molecule has 1 unspecified atom stereocenters. The van der Waals surface area contributed by atoms with Crippen LogP contribution in [0.25, 0.3) is 0 Å². The van der Waals surface area contributed by atoms with E-state index >= 15 is 0 Å². The van der Waals surface area contributed by atoms with Gasteiger partial charge in [-0.1, -0.05) is 0 Å². The number of amides is 3. The number of nitrogens with one attached hydrogen (secondary N) is 1. The third kappa shape index (κ3) is 3.57. The number of rotatable bonds is 4. The maximum absolute atomic E-state index is 12.9. The molecule has 3 aliphatic heterocycles. The number of carbonyl (C=O) groups excluding carboxylic acids is 3. The lowest BCUT2D eigenvalue weighted by atomic mass is 10.0. The molecule has 176 valence electrons. The second-order valence-corrected chi connectivity index (χ2v) is 9.87. The number of ether oxygens (including phenoxy) is 1. The lowest BCUT2D eigenvalue weighted by molar-refractivity contribution is -0.136. The second kappa shape index (κ2) is 8.20. The number of aryl methyl sites for hydroxylation is 1. The summed E-state index contributed by atoms with van der Waals surface area (Å²) in [7, 11) is 0. The van der Waals surface area contributed by atoms with Crippen molar-refractivity contribution in [2.45, 2.75) is 76.8 Å². The average molecular weight is 461 g/mol. The van der Waals surface area contributed by atoms with Gasteiger partial charge in [-0.25, -0.2) is 0 Å². The smallest absolute Gasteiger partial charge is 0.255 e. The fourth-order valence-corrected chi connectivity index (χ4v) is 5.98. The lowest BCUT2D eigenvalue weighted by Crippen LogP contribution is -2.52. The highest BCUT2D eigenvalue weighted by Crippen LogP contribution is 2.36. The molecule has 1 aliphatic carbocycles. The van der Waals surface area contributed by atoms with Gasteiger partial charge >= 0.3 is 0 Å². The molecule has 6 rings (SSSR count). The van der Waals surface area contributed by atoms with Gasteiger partial charge in [0.05, 0.1) is 0 Å². The van der Waals surface area contributed by atoms with E-state index in [0.29, 0.717) is 24.6 Å². The molecule has 0 radical (unpaired) electrons. The van der Waals surface area contributed by atoms with E-state index in [1.54, 1.807) is 4.90 Å². The predicted octanol–water partition coefficient (Wildman–Crippen LogP) is 2.47. The minimum Gasteiger partial charge on any atom is -0.489 e. The molecule has 8 heteroatoms. The third-order valence-electron chi connectivity index (χ3n) is 7.77. The molecule has 2 fully saturated rings. The van der Waals surface area contributed by atoms with Gasteiger partial charge in [0.2, 0.25) is 11.8 Å². The van der Waals surface area contributed by atoms with Crippen LogP contribution in [-0.2, 0) is 29.2 Å². The number of benzene rings is 1. The van der Waals surface area contributed by atoms with E-state index < -0.39 is 6.04 Å². The summed E-state index contributed by atoms with van der Waals surface area (Å²) in [5.41, 5.74) is 5.44. The number of piperidine rings is 1. The van der Waals surface area contributed by atoms with Gasteiger partial charge in [-0.2, -0.15) is 0 Å². The molecule has 34 heavy (non-hydrogen) atoms. The third-order valence-corrected chi connectivity index (χ3v) is 7.77. The predicted molar refractivity (Wildman–Crippen MR) is 123 cm³/mol. The Balaban J connectivity index is 1.16. The summed E-state index contributed by atoms with van der Waals surface area (Å²) < 4.78 is 6.49. The van der Waals surface area contributed by atoms with E-state index in [1.807, 2.05) is 30.6 Å². The first-order valence-corrected chi connectivity index (χ1v) is 12.1. The molecule has 8 nitrogen and oxygen atoms in total. The molecule has 0 spiro atoms. The van der Waals surface area contributed by atoms with Crippen LogP contribution in [0.2, 0.25) is 0 Å². The van der Waals surface area contributed by atoms with Gasteiger partial charge in [0.15, 0.2) is 0 Å². The fraction of sp³-hybridized carbons (Fsp3) is 0.462. The normalized spacial score (nSPS) is 26.6. The standard InChI is InChI=1S/C26H28N4O4/c1-15-10-27-11-17-12-29(14-20(15)17)21-3-2-4-23(21)34-18-5-6-19-16(9-18)13-30(26(19)33)22-7-8-24(31)28-25(22)32/h5-6,9-11,21-23H,2-4,7-8,12-14H2,1H3,(H,28,31,32)/t21-,22?,23+/m0/s1. The van der Waals surface area contributed by atoms with Crippen LogP contribution in [0.4, 0.5) is 0 Å². The second-order valence-electron chi connectivity index (χ2n) is 9.87. The molecule has 0 bridgehead atoms. The van der Waals surface area contributed by atoms with Crippen LogP contribution >= 0.6 is 0 Å². The zero-order valence-corrected chi connectivity index (χ0v) is 19.3. The maximum atomic E-state index is 12.9. The number of nitrogens with zero attached hydrogens (tertiary/aromatic N) is 3. The van der Waals surface area contributed by atoms with Crippen molar-refractivity contribution >= 4 is 17.7 Å². The number of imide groups is 1. The summed E-state index contributed by atoms with van der Waals surface area (Å²) in [6.07, 6.45) is 7.89. The summed E-state index contributed by atoms with van der Waals surface area (Å²) >= 11 is 0. The molecular formula is C26H28N4O4. The molecule has 4 heterocycles. The Morgan fingerprint density at radius 2 is 1.91 bits per heavy atom. The summed E-state index contributed by atoms with van der Waals surface area (Å²) in [5.74, 6) is -0.0591. The summed E-state index contributed by atoms with van der Waals surface area (Å²) in [4.78, 5) is 45.2. The van der Waals surface area contributed by atoms with Crippen molar-refractivity contribution in [2.24, 2.45) is 0 Å². The van der Waals surface area contributed by atoms with Gasteiger partial charge in [0.25, 0.3) is 5.91 Å². The molecule has 1 saturated carbocycles. The van der Waals surface area contributed by atoms with E-state index in [0.717, 1.165) is 43.7 Å². The van der Waals surface area contributed by atoms with Gasteiger partial charge in [-0.15, -0.1) is 0 Å². The molecule has 1 aromatic heterocycles. The van der Waals surface area contributed by atoms with Crippen LogP contribution in [0.3, 0.4) is 0 Å². The largest absolute Gasteiger partial charge is 0.489 e. The highest BCUT2D eigenvalue weighted by Gasteiger charge is 2.40. The van der Waals surface area contributed by atoms with E-state index in [-0.39, 0.29) is 30.2 Å². The molecular weight excluding hydrogens is 432 g/mol. The van der Waals surface area contributed by atoms with Gasteiger partial charge < -0.3 is 9.64 Å². The van der Waals surface area contributed by atoms with Crippen LogP contribution in [0.1, 0.15) is 64.7 Å². The number of aromatic nitrogens is 1. The Hall–Kier alpha value is -3.26. The molecule has 1 N–H and O–H groups in total. The van der Waals surface area contributed by atoms with Gasteiger partial charge in [0.1, 0.15) is 17.9 Å². The van der Waals surface area contributed by atoms with Gasteiger partial charge in [-0.3, -0.25) is 29.6 Å². The first-order valence-electron chi connectivity index (χ1n) is 12.1. The molecule has 1 saturated heterocycles. The number of fused-ring (bicyclic) bond motifs is 2.